The second kappa shape index (κ2) is 5.10. The second-order valence-corrected chi connectivity index (χ2v) is 5.26. The van der Waals surface area contributed by atoms with Crippen molar-refractivity contribution in [3.63, 3.8) is 0 Å². The summed E-state index contributed by atoms with van der Waals surface area (Å²) in [7, 11) is 0. The molecule has 1 aliphatic carbocycles. The van der Waals surface area contributed by atoms with E-state index in [4.69, 9.17) is 16.3 Å². The van der Waals surface area contributed by atoms with Crippen LogP contribution in [0.25, 0.3) is 0 Å². The molecular weight excluding hydrogens is 289 g/mol. The molecule has 1 fully saturated rings. The number of ether oxygens (including phenoxy) is 1. The highest BCUT2D eigenvalue weighted by Crippen LogP contribution is 2.47. The Labute approximate surface area is 121 Å². The maximum Gasteiger partial charge on any atom is 0.339 e. The van der Waals surface area contributed by atoms with Crippen molar-refractivity contribution in [2.45, 2.75) is 31.3 Å². The van der Waals surface area contributed by atoms with Gasteiger partial charge in [0.25, 0.3) is 0 Å². The average Bonchev–Trinajstić information content (AvgIpc) is 2.64. The molecule has 4 nitrogen and oxygen atoms in total. The van der Waals surface area contributed by atoms with E-state index in [1.54, 1.807) is 18.5 Å². The zero-order valence-corrected chi connectivity index (χ0v) is 11.7. The molecule has 0 saturated heterocycles. The van der Waals surface area contributed by atoms with Gasteiger partial charge in [-0.1, -0.05) is 0 Å². The number of nitrogens with zero attached hydrogens (tertiary/aromatic N) is 1. The van der Waals surface area contributed by atoms with Gasteiger partial charge in [-0.2, -0.15) is 0 Å². The third-order valence-electron chi connectivity index (χ3n) is 3.93. The number of aromatic nitrogens is 1. The standard InChI is InChI=1S/C13H12ClNO3.ClH/c14-11(16)8-1-4-13(5-2-8)10-7-15-6-3-9(10)12(17)18-13;/h3,6-8H,1-2,4-5H2;1H. The molecular formula is C13H13Cl2NO3. The summed E-state index contributed by atoms with van der Waals surface area (Å²) in [6.45, 7) is 0. The molecule has 1 aromatic heterocycles. The van der Waals surface area contributed by atoms with E-state index >= 15 is 0 Å². The smallest absolute Gasteiger partial charge is 0.339 e. The Morgan fingerprint density at radius 1 is 1.42 bits per heavy atom. The minimum Gasteiger partial charge on any atom is -0.450 e. The number of fused-ring (bicyclic) bond motifs is 2. The van der Waals surface area contributed by atoms with Gasteiger partial charge in [0, 0.05) is 23.9 Å². The molecule has 6 heteroatoms. The summed E-state index contributed by atoms with van der Waals surface area (Å²) in [6.07, 6.45) is 5.88. The Balaban J connectivity index is 0.00000133. The van der Waals surface area contributed by atoms with Gasteiger partial charge < -0.3 is 4.74 Å². The van der Waals surface area contributed by atoms with Gasteiger partial charge in [0.05, 0.1) is 5.56 Å². The molecule has 102 valence electrons. The van der Waals surface area contributed by atoms with Crippen molar-refractivity contribution in [2.24, 2.45) is 5.92 Å². The zero-order chi connectivity index (χ0) is 12.8. The first-order chi connectivity index (χ1) is 8.62. The monoisotopic (exact) mass is 301 g/mol. The topological polar surface area (TPSA) is 56.3 Å². The number of hydrogen-bond acceptors (Lipinski definition) is 4. The molecule has 0 atom stereocenters. The number of rotatable bonds is 1. The summed E-state index contributed by atoms with van der Waals surface area (Å²) in [4.78, 5) is 27.0. The quantitative estimate of drug-likeness (QED) is 0.591. The first-order valence-electron chi connectivity index (χ1n) is 5.99. The van der Waals surface area contributed by atoms with Crippen LogP contribution in [0.4, 0.5) is 0 Å². The first-order valence-corrected chi connectivity index (χ1v) is 6.37. The lowest BCUT2D eigenvalue weighted by Gasteiger charge is -2.35. The van der Waals surface area contributed by atoms with Crippen molar-refractivity contribution >= 4 is 35.2 Å². The van der Waals surface area contributed by atoms with Crippen LogP contribution >= 0.6 is 24.0 Å². The molecule has 0 N–H and O–H groups in total. The van der Waals surface area contributed by atoms with Gasteiger partial charge in [0.15, 0.2) is 0 Å². The van der Waals surface area contributed by atoms with E-state index in [1.807, 2.05) is 0 Å². The predicted molar refractivity (Wildman–Crippen MR) is 71.4 cm³/mol. The van der Waals surface area contributed by atoms with Crippen LogP contribution in [0, 0.1) is 5.92 Å². The van der Waals surface area contributed by atoms with E-state index in [2.05, 4.69) is 4.98 Å². The highest BCUT2D eigenvalue weighted by atomic mass is 35.5. The number of hydrogen-bond donors (Lipinski definition) is 0. The average molecular weight is 302 g/mol. The third kappa shape index (κ3) is 2.23. The molecule has 0 bridgehead atoms. The molecule has 1 spiro atoms. The number of esters is 1. The van der Waals surface area contributed by atoms with E-state index in [1.165, 1.54) is 0 Å². The summed E-state index contributed by atoms with van der Waals surface area (Å²) in [6, 6.07) is 1.69. The van der Waals surface area contributed by atoms with E-state index in [-0.39, 0.29) is 29.5 Å². The summed E-state index contributed by atoms with van der Waals surface area (Å²) in [5, 5.41) is -0.291. The lowest BCUT2D eigenvalue weighted by atomic mass is 9.76. The van der Waals surface area contributed by atoms with Crippen LogP contribution in [0.15, 0.2) is 18.5 Å². The zero-order valence-electron chi connectivity index (χ0n) is 10.1. The maximum absolute atomic E-state index is 11.8. The van der Waals surface area contributed by atoms with Crippen LogP contribution in [0.5, 0.6) is 0 Å². The molecule has 1 saturated carbocycles. The van der Waals surface area contributed by atoms with Crippen LogP contribution in [0.1, 0.15) is 41.6 Å². The van der Waals surface area contributed by atoms with Crippen LogP contribution in [-0.4, -0.2) is 16.2 Å². The van der Waals surface area contributed by atoms with Gasteiger partial charge in [-0.25, -0.2) is 4.79 Å². The predicted octanol–water partition coefficient (Wildman–Crippen LogP) is 2.82. The second-order valence-electron chi connectivity index (χ2n) is 4.88. The van der Waals surface area contributed by atoms with Crippen LogP contribution in [-0.2, 0) is 15.1 Å². The maximum atomic E-state index is 11.8. The summed E-state index contributed by atoms with van der Waals surface area (Å²) in [5.74, 6) is -0.403. The van der Waals surface area contributed by atoms with Crippen LogP contribution in [0.2, 0.25) is 0 Å². The Kier molecular flexibility index (Phi) is 3.83. The van der Waals surface area contributed by atoms with E-state index in [0.29, 0.717) is 31.2 Å². The molecule has 0 unspecified atom stereocenters. The molecule has 0 aromatic carbocycles. The lowest BCUT2D eigenvalue weighted by molar-refractivity contribution is -0.118. The van der Waals surface area contributed by atoms with Crippen LogP contribution in [0.3, 0.4) is 0 Å². The molecule has 3 rings (SSSR count). The summed E-state index contributed by atoms with van der Waals surface area (Å²) >= 11 is 5.52. The summed E-state index contributed by atoms with van der Waals surface area (Å²) < 4.78 is 5.55. The third-order valence-corrected chi connectivity index (χ3v) is 4.24. The summed E-state index contributed by atoms with van der Waals surface area (Å²) in [5.41, 5.74) is 0.875. The van der Waals surface area contributed by atoms with E-state index in [0.717, 1.165) is 5.56 Å². The fourth-order valence-corrected chi connectivity index (χ4v) is 3.12. The van der Waals surface area contributed by atoms with Gasteiger partial charge in [-0.3, -0.25) is 9.78 Å². The van der Waals surface area contributed by atoms with Gasteiger partial charge in [0.1, 0.15) is 5.60 Å². The van der Waals surface area contributed by atoms with Crippen molar-refractivity contribution in [3.8, 4) is 0 Å². The SMILES string of the molecule is Cl.O=C1OC2(CCC(C(=O)Cl)CC2)c2cnccc21. The number of carbonyl (C=O) groups excluding carboxylic acids is 2. The number of pyridine rings is 1. The Bertz CT molecular complexity index is 524. The van der Waals surface area contributed by atoms with E-state index in [9.17, 15) is 9.59 Å². The highest BCUT2D eigenvalue weighted by molar-refractivity contribution is 6.63. The normalized spacial score (nSPS) is 28.5. The van der Waals surface area contributed by atoms with Crippen molar-refractivity contribution in [2.75, 3.05) is 0 Å². The Morgan fingerprint density at radius 2 is 2.11 bits per heavy atom. The fraction of sp³-hybridized carbons (Fsp3) is 0.462. The first kappa shape index (κ1) is 14.3. The molecule has 0 amide bonds. The lowest BCUT2D eigenvalue weighted by Crippen LogP contribution is -2.33. The highest BCUT2D eigenvalue weighted by Gasteiger charge is 2.48. The van der Waals surface area contributed by atoms with Gasteiger partial charge >= 0.3 is 5.97 Å². The van der Waals surface area contributed by atoms with Gasteiger partial charge in [-0.15, -0.1) is 12.4 Å². The fourth-order valence-electron chi connectivity index (χ4n) is 2.91. The van der Waals surface area contributed by atoms with E-state index < -0.39 is 5.60 Å². The van der Waals surface area contributed by atoms with Gasteiger partial charge in [-0.05, 0) is 43.4 Å². The van der Waals surface area contributed by atoms with Gasteiger partial charge in [0.2, 0.25) is 5.24 Å². The van der Waals surface area contributed by atoms with Crippen molar-refractivity contribution in [3.05, 3.63) is 29.6 Å². The molecule has 2 aliphatic rings. The molecule has 2 heterocycles. The van der Waals surface area contributed by atoms with Crippen molar-refractivity contribution in [1.29, 1.82) is 0 Å². The Morgan fingerprint density at radius 3 is 2.74 bits per heavy atom. The van der Waals surface area contributed by atoms with Crippen LogP contribution < -0.4 is 0 Å². The minimum absolute atomic E-state index is 0. The number of halogens is 2. The minimum atomic E-state index is -0.580. The molecule has 1 aliphatic heterocycles. The molecule has 0 radical (unpaired) electrons. The number of carbonyl (C=O) groups is 2. The molecule has 19 heavy (non-hydrogen) atoms. The Hall–Kier alpha value is -1.13. The van der Waals surface area contributed by atoms with Crippen molar-refractivity contribution in [1.82, 2.24) is 4.98 Å². The van der Waals surface area contributed by atoms with Crippen molar-refractivity contribution < 1.29 is 14.3 Å². The molecule has 1 aromatic rings. The largest absolute Gasteiger partial charge is 0.450 e.